The molecule has 2 N–H and O–H groups in total. The van der Waals surface area contributed by atoms with Crippen molar-refractivity contribution in [2.24, 2.45) is 0 Å². The molecule has 2 heterocycles. The number of aromatic nitrogens is 4. The number of hydrogen-bond acceptors (Lipinski definition) is 6. The van der Waals surface area contributed by atoms with E-state index >= 15 is 0 Å². The summed E-state index contributed by atoms with van der Waals surface area (Å²) < 4.78 is 4.78. The molecule has 8 nitrogen and oxygen atoms in total. The molecule has 110 valence electrons. The molecule has 0 aliphatic carbocycles. The van der Waals surface area contributed by atoms with E-state index in [9.17, 15) is 9.59 Å². The number of H-pyrrole nitrogens is 1. The molecule has 2 rings (SSSR count). The van der Waals surface area contributed by atoms with Gasteiger partial charge in [-0.1, -0.05) is 0 Å². The van der Waals surface area contributed by atoms with E-state index in [1.54, 1.807) is 13.1 Å². The lowest BCUT2D eigenvalue weighted by Gasteiger charge is -2.27. The summed E-state index contributed by atoms with van der Waals surface area (Å²) in [5, 5.41) is 2.66. The second-order valence-corrected chi connectivity index (χ2v) is 4.66. The first-order valence-electron chi connectivity index (χ1n) is 6.18. The SMILES string of the molecule is COC(=O)C(C)(Cc1cnc[nH]1)NC(=O)c1cncnc1. The summed E-state index contributed by atoms with van der Waals surface area (Å²) in [6.07, 6.45) is 7.37. The molecule has 2 aromatic rings. The Morgan fingerprint density at radius 3 is 2.57 bits per heavy atom. The van der Waals surface area contributed by atoms with Gasteiger partial charge < -0.3 is 15.0 Å². The second kappa shape index (κ2) is 6.12. The number of carbonyl (C=O) groups excluding carboxylic acids is 2. The van der Waals surface area contributed by atoms with Crippen LogP contribution in [0.5, 0.6) is 0 Å². The number of nitrogens with one attached hydrogen (secondary N) is 2. The van der Waals surface area contributed by atoms with Crippen LogP contribution in [0.15, 0.2) is 31.2 Å². The highest BCUT2D eigenvalue weighted by Gasteiger charge is 2.37. The first-order valence-corrected chi connectivity index (χ1v) is 6.18. The van der Waals surface area contributed by atoms with E-state index in [0.717, 1.165) is 0 Å². The van der Waals surface area contributed by atoms with Gasteiger partial charge in [0.1, 0.15) is 11.9 Å². The van der Waals surface area contributed by atoms with Gasteiger partial charge in [-0.3, -0.25) is 4.79 Å². The second-order valence-electron chi connectivity index (χ2n) is 4.66. The monoisotopic (exact) mass is 289 g/mol. The molecule has 2 aromatic heterocycles. The van der Waals surface area contributed by atoms with Crippen molar-refractivity contribution in [3.05, 3.63) is 42.5 Å². The highest BCUT2D eigenvalue weighted by molar-refractivity contribution is 5.97. The van der Waals surface area contributed by atoms with Gasteiger partial charge in [0.05, 0.1) is 19.0 Å². The number of rotatable bonds is 5. The molecule has 0 saturated heterocycles. The van der Waals surface area contributed by atoms with E-state index < -0.39 is 17.4 Å². The van der Waals surface area contributed by atoms with Gasteiger partial charge >= 0.3 is 5.97 Å². The predicted octanol–water partition coefficient (Wildman–Crippen LogP) is 0.104. The Morgan fingerprint density at radius 2 is 2.00 bits per heavy atom. The number of aromatic amines is 1. The summed E-state index contributed by atoms with van der Waals surface area (Å²) in [6, 6.07) is 0. The fourth-order valence-corrected chi connectivity index (χ4v) is 1.89. The van der Waals surface area contributed by atoms with Crippen LogP contribution in [0.25, 0.3) is 0 Å². The summed E-state index contributed by atoms with van der Waals surface area (Å²) in [4.78, 5) is 38.5. The van der Waals surface area contributed by atoms with Crippen LogP contribution in [0.4, 0.5) is 0 Å². The first kappa shape index (κ1) is 14.6. The molecular formula is C13H15N5O3. The number of nitrogens with zero attached hydrogens (tertiary/aromatic N) is 3. The molecule has 0 aromatic carbocycles. The Morgan fingerprint density at radius 1 is 1.29 bits per heavy atom. The Hall–Kier alpha value is -2.77. The molecule has 0 saturated carbocycles. The first-order chi connectivity index (χ1) is 10.0. The maximum atomic E-state index is 12.2. The maximum Gasteiger partial charge on any atom is 0.331 e. The van der Waals surface area contributed by atoms with Crippen LogP contribution in [0.3, 0.4) is 0 Å². The minimum Gasteiger partial charge on any atom is -0.467 e. The summed E-state index contributed by atoms with van der Waals surface area (Å²) in [7, 11) is 1.27. The van der Waals surface area contributed by atoms with Crippen molar-refractivity contribution < 1.29 is 14.3 Å². The maximum absolute atomic E-state index is 12.2. The molecule has 21 heavy (non-hydrogen) atoms. The molecule has 0 aliphatic heterocycles. The summed E-state index contributed by atoms with van der Waals surface area (Å²) in [5.74, 6) is -1.01. The third-order valence-corrected chi connectivity index (χ3v) is 2.95. The minimum absolute atomic E-state index is 0.221. The van der Waals surface area contributed by atoms with Gasteiger partial charge in [0.2, 0.25) is 0 Å². The van der Waals surface area contributed by atoms with Gasteiger partial charge in [-0.05, 0) is 6.92 Å². The number of amides is 1. The molecule has 0 bridgehead atoms. The summed E-state index contributed by atoms with van der Waals surface area (Å²) in [5.41, 5.74) is -0.265. The van der Waals surface area contributed by atoms with E-state index in [0.29, 0.717) is 5.69 Å². The molecule has 0 spiro atoms. The van der Waals surface area contributed by atoms with Crippen molar-refractivity contribution in [2.45, 2.75) is 18.9 Å². The van der Waals surface area contributed by atoms with E-state index in [1.165, 1.54) is 32.2 Å². The number of esters is 1. The fourth-order valence-electron chi connectivity index (χ4n) is 1.89. The van der Waals surface area contributed by atoms with Gasteiger partial charge in [0.25, 0.3) is 5.91 Å². The van der Waals surface area contributed by atoms with Crippen molar-refractivity contribution in [3.8, 4) is 0 Å². The Kier molecular flexibility index (Phi) is 4.27. The lowest BCUT2D eigenvalue weighted by Crippen LogP contribution is -2.54. The van der Waals surface area contributed by atoms with Crippen LogP contribution >= 0.6 is 0 Å². The van der Waals surface area contributed by atoms with Gasteiger partial charge in [-0.2, -0.15) is 0 Å². The fraction of sp³-hybridized carbons (Fsp3) is 0.308. The van der Waals surface area contributed by atoms with Crippen molar-refractivity contribution in [1.82, 2.24) is 25.3 Å². The molecule has 1 unspecified atom stereocenters. The molecule has 1 atom stereocenters. The van der Waals surface area contributed by atoms with Crippen LogP contribution in [-0.4, -0.2) is 44.5 Å². The standard InChI is InChI=1S/C13H15N5O3/c1-13(12(20)21-2,3-10-6-16-8-17-10)18-11(19)9-4-14-7-15-5-9/h4-8H,3H2,1-2H3,(H,16,17)(H,18,19). The van der Waals surface area contributed by atoms with Crippen molar-refractivity contribution in [3.63, 3.8) is 0 Å². The number of methoxy groups -OCH3 is 1. The molecular weight excluding hydrogens is 274 g/mol. The zero-order valence-corrected chi connectivity index (χ0v) is 11.7. The van der Waals surface area contributed by atoms with E-state index in [1.807, 2.05) is 0 Å². The lowest BCUT2D eigenvalue weighted by molar-refractivity contribution is -0.147. The lowest BCUT2D eigenvalue weighted by atomic mass is 9.95. The van der Waals surface area contributed by atoms with Crippen LogP contribution in [0.1, 0.15) is 23.0 Å². The van der Waals surface area contributed by atoms with E-state index in [2.05, 4.69) is 25.3 Å². The van der Waals surface area contributed by atoms with Crippen molar-refractivity contribution in [2.75, 3.05) is 7.11 Å². The quantitative estimate of drug-likeness (QED) is 0.756. The zero-order chi connectivity index (χ0) is 15.3. The van der Waals surface area contributed by atoms with E-state index in [4.69, 9.17) is 4.74 Å². The number of hydrogen-bond donors (Lipinski definition) is 2. The third-order valence-electron chi connectivity index (χ3n) is 2.95. The highest BCUT2D eigenvalue weighted by atomic mass is 16.5. The number of carbonyl (C=O) groups is 2. The van der Waals surface area contributed by atoms with Crippen LogP contribution in [-0.2, 0) is 16.0 Å². The summed E-state index contributed by atoms with van der Waals surface area (Å²) >= 11 is 0. The van der Waals surface area contributed by atoms with Crippen LogP contribution < -0.4 is 5.32 Å². The third kappa shape index (κ3) is 3.41. The molecule has 8 heteroatoms. The van der Waals surface area contributed by atoms with Crippen molar-refractivity contribution in [1.29, 1.82) is 0 Å². The normalized spacial score (nSPS) is 13.2. The Labute approximate surface area is 121 Å². The molecule has 1 amide bonds. The Balaban J connectivity index is 2.20. The van der Waals surface area contributed by atoms with Gasteiger partial charge in [-0.25, -0.2) is 19.7 Å². The van der Waals surface area contributed by atoms with Gasteiger partial charge in [0.15, 0.2) is 0 Å². The molecule has 0 radical (unpaired) electrons. The van der Waals surface area contributed by atoms with Crippen molar-refractivity contribution >= 4 is 11.9 Å². The molecule has 0 fully saturated rings. The Bertz CT molecular complexity index is 614. The van der Waals surface area contributed by atoms with Crippen LogP contribution in [0.2, 0.25) is 0 Å². The zero-order valence-electron chi connectivity index (χ0n) is 11.7. The summed E-state index contributed by atoms with van der Waals surface area (Å²) in [6.45, 7) is 1.58. The highest BCUT2D eigenvalue weighted by Crippen LogP contribution is 2.14. The largest absolute Gasteiger partial charge is 0.467 e. The number of ether oxygens (including phenoxy) is 1. The predicted molar refractivity (Wildman–Crippen MR) is 72.2 cm³/mol. The average molecular weight is 289 g/mol. The molecule has 0 aliphatic rings. The van der Waals surface area contributed by atoms with Gasteiger partial charge in [-0.15, -0.1) is 0 Å². The topological polar surface area (TPSA) is 110 Å². The number of imidazole rings is 1. The van der Waals surface area contributed by atoms with E-state index in [-0.39, 0.29) is 12.0 Å². The van der Waals surface area contributed by atoms with Gasteiger partial charge in [0, 0.05) is 30.7 Å². The van der Waals surface area contributed by atoms with Crippen LogP contribution in [0, 0.1) is 0 Å². The smallest absolute Gasteiger partial charge is 0.331 e. The average Bonchev–Trinajstić information content (AvgIpc) is 2.99. The minimum atomic E-state index is -1.23.